The van der Waals surface area contributed by atoms with Crippen LogP contribution in [0.2, 0.25) is 0 Å². The second kappa shape index (κ2) is 7.74. The number of aromatic nitrogens is 3. The molecule has 114 valence electrons. The molecule has 0 aliphatic carbocycles. The van der Waals surface area contributed by atoms with E-state index in [9.17, 15) is 0 Å². The van der Waals surface area contributed by atoms with Crippen LogP contribution in [0.5, 0.6) is 0 Å². The van der Waals surface area contributed by atoms with Crippen LogP contribution < -0.4 is 5.32 Å². The second-order valence-electron chi connectivity index (χ2n) is 6.17. The lowest BCUT2D eigenvalue weighted by atomic mass is 9.99. The normalized spacial score (nSPS) is 21.3. The highest BCUT2D eigenvalue weighted by molar-refractivity contribution is 4.91. The molecule has 1 saturated heterocycles. The van der Waals surface area contributed by atoms with Crippen LogP contribution in [0.25, 0.3) is 0 Å². The molecule has 0 bridgehead atoms. The second-order valence-corrected chi connectivity index (χ2v) is 6.17. The van der Waals surface area contributed by atoms with Gasteiger partial charge in [-0.1, -0.05) is 13.8 Å². The van der Waals surface area contributed by atoms with Gasteiger partial charge in [-0.05, 0) is 38.6 Å². The first-order valence-corrected chi connectivity index (χ1v) is 7.84. The molecule has 2 unspecified atom stereocenters. The van der Waals surface area contributed by atoms with E-state index in [0.717, 1.165) is 31.8 Å². The van der Waals surface area contributed by atoms with E-state index in [1.165, 1.54) is 19.3 Å². The molecule has 2 heterocycles. The minimum absolute atomic E-state index is 0.405. The zero-order valence-corrected chi connectivity index (χ0v) is 13.0. The minimum Gasteiger partial charge on any atom is -0.378 e. The highest BCUT2D eigenvalue weighted by Gasteiger charge is 2.20. The maximum Gasteiger partial charge on any atom is 0.138 e. The Kier molecular flexibility index (Phi) is 5.98. The molecule has 1 N–H and O–H groups in total. The third-order valence-electron chi connectivity index (χ3n) is 3.89. The van der Waals surface area contributed by atoms with Gasteiger partial charge < -0.3 is 10.1 Å². The number of nitrogens with zero attached hydrogens (tertiary/aromatic N) is 3. The Morgan fingerprint density at radius 3 is 2.95 bits per heavy atom. The lowest BCUT2D eigenvalue weighted by molar-refractivity contribution is 0.00552. The Morgan fingerprint density at radius 2 is 2.30 bits per heavy atom. The van der Waals surface area contributed by atoms with E-state index in [1.54, 1.807) is 6.33 Å². The van der Waals surface area contributed by atoms with Gasteiger partial charge in [-0.15, -0.1) is 0 Å². The predicted molar refractivity (Wildman–Crippen MR) is 79.6 cm³/mol. The molecule has 5 nitrogen and oxygen atoms in total. The first-order chi connectivity index (χ1) is 9.69. The van der Waals surface area contributed by atoms with Crippen molar-refractivity contribution >= 4 is 0 Å². The topological polar surface area (TPSA) is 52.0 Å². The average molecular weight is 280 g/mol. The Bertz CT molecular complexity index is 385. The highest BCUT2D eigenvalue weighted by Crippen LogP contribution is 2.18. The van der Waals surface area contributed by atoms with E-state index in [0.29, 0.717) is 18.1 Å². The summed E-state index contributed by atoms with van der Waals surface area (Å²) in [6.07, 6.45) is 7.75. The molecule has 1 aliphatic rings. The Morgan fingerprint density at radius 1 is 1.45 bits per heavy atom. The molecule has 0 aromatic carbocycles. The number of hydrogen-bond donors (Lipinski definition) is 1. The Labute approximate surface area is 122 Å². The standard InChI is InChI=1S/C15H28N4O/c1-12(2)10-19-15(17-11-18-19)9-13(16-3)8-14-6-4-5-7-20-14/h11-14,16H,4-10H2,1-3H3. The first-order valence-electron chi connectivity index (χ1n) is 7.84. The van der Waals surface area contributed by atoms with Gasteiger partial charge in [-0.3, -0.25) is 0 Å². The maximum atomic E-state index is 5.84. The van der Waals surface area contributed by atoms with Crippen molar-refractivity contribution < 1.29 is 4.74 Å². The number of hydrogen-bond acceptors (Lipinski definition) is 4. The summed E-state index contributed by atoms with van der Waals surface area (Å²) < 4.78 is 7.88. The van der Waals surface area contributed by atoms with E-state index in [-0.39, 0.29) is 0 Å². The van der Waals surface area contributed by atoms with E-state index in [1.807, 2.05) is 11.7 Å². The fourth-order valence-corrected chi connectivity index (χ4v) is 2.78. The van der Waals surface area contributed by atoms with Crippen LogP contribution in [0.15, 0.2) is 6.33 Å². The molecule has 1 aromatic heterocycles. The van der Waals surface area contributed by atoms with Gasteiger partial charge in [0.25, 0.3) is 0 Å². The summed E-state index contributed by atoms with van der Waals surface area (Å²) in [6.45, 7) is 6.27. The Balaban J connectivity index is 1.90. The molecule has 2 rings (SSSR count). The van der Waals surface area contributed by atoms with Crippen LogP contribution in [0.4, 0.5) is 0 Å². The molecule has 0 amide bonds. The molecule has 1 aromatic rings. The first kappa shape index (κ1) is 15.4. The van der Waals surface area contributed by atoms with Crippen molar-refractivity contribution in [3.8, 4) is 0 Å². The monoisotopic (exact) mass is 280 g/mol. The largest absolute Gasteiger partial charge is 0.378 e. The summed E-state index contributed by atoms with van der Waals surface area (Å²) in [5.74, 6) is 1.67. The van der Waals surface area contributed by atoms with Gasteiger partial charge in [0, 0.05) is 25.6 Å². The molecule has 20 heavy (non-hydrogen) atoms. The van der Waals surface area contributed by atoms with Crippen molar-refractivity contribution in [3.05, 3.63) is 12.2 Å². The molecule has 2 atom stereocenters. The van der Waals surface area contributed by atoms with E-state index < -0.39 is 0 Å². The van der Waals surface area contributed by atoms with Gasteiger partial charge in [0.15, 0.2) is 0 Å². The lowest BCUT2D eigenvalue weighted by Crippen LogP contribution is -2.35. The fraction of sp³-hybridized carbons (Fsp3) is 0.867. The van der Waals surface area contributed by atoms with Crippen molar-refractivity contribution in [3.63, 3.8) is 0 Å². The SMILES string of the molecule is CNC(Cc1ncnn1CC(C)C)CC1CCCCO1. The minimum atomic E-state index is 0.405. The Hall–Kier alpha value is -0.940. The van der Waals surface area contributed by atoms with Gasteiger partial charge >= 0.3 is 0 Å². The van der Waals surface area contributed by atoms with Crippen molar-refractivity contribution in [2.24, 2.45) is 5.92 Å². The van der Waals surface area contributed by atoms with Crippen LogP contribution in [-0.4, -0.2) is 40.6 Å². The zero-order valence-electron chi connectivity index (χ0n) is 13.0. The van der Waals surface area contributed by atoms with Gasteiger partial charge in [-0.2, -0.15) is 5.10 Å². The molecular formula is C15H28N4O. The summed E-state index contributed by atoms with van der Waals surface area (Å²) in [4.78, 5) is 4.42. The van der Waals surface area contributed by atoms with Crippen LogP contribution in [0, 0.1) is 5.92 Å². The molecule has 0 spiro atoms. The van der Waals surface area contributed by atoms with E-state index in [2.05, 4.69) is 29.2 Å². The number of likely N-dealkylation sites (N-methyl/N-ethyl adjacent to an activating group) is 1. The quantitative estimate of drug-likeness (QED) is 0.830. The average Bonchev–Trinajstić information content (AvgIpc) is 2.85. The predicted octanol–water partition coefficient (Wildman–Crippen LogP) is 2.02. The lowest BCUT2D eigenvalue weighted by Gasteiger charge is -2.26. The third kappa shape index (κ3) is 4.56. The molecular weight excluding hydrogens is 252 g/mol. The van der Waals surface area contributed by atoms with Crippen molar-refractivity contribution in [1.82, 2.24) is 20.1 Å². The van der Waals surface area contributed by atoms with Gasteiger partial charge in [0.1, 0.15) is 12.2 Å². The molecule has 1 fully saturated rings. The van der Waals surface area contributed by atoms with Gasteiger partial charge in [0.05, 0.1) is 6.10 Å². The smallest absolute Gasteiger partial charge is 0.138 e. The van der Waals surface area contributed by atoms with Gasteiger partial charge in [-0.25, -0.2) is 9.67 Å². The summed E-state index contributed by atoms with van der Waals surface area (Å²) in [5.41, 5.74) is 0. The van der Waals surface area contributed by atoms with Crippen LogP contribution in [0.3, 0.4) is 0 Å². The van der Waals surface area contributed by atoms with Crippen LogP contribution in [0.1, 0.15) is 45.4 Å². The number of rotatable bonds is 7. The van der Waals surface area contributed by atoms with Crippen molar-refractivity contribution in [2.75, 3.05) is 13.7 Å². The van der Waals surface area contributed by atoms with Crippen molar-refractivity contribution in [2.45, 2.75) is 64.6 Å². The zero-order chi connectivity index (χ0) is 14.4. The molecule has 5 heteroatoms. The number of nitrogens with one attached hydrogen (secondary N) is 1. The summed E-state index contributed by atoms with van der Waals surface area (Å²) in [6, 6.07) is 0.410. The van der Waals surface area contributed by atoms with Gasteiger partial charge in [0.2, 0.25) is 0 Å². The number of ether oxygens (including phenoxy) is 1. The van der Waals surface area contributed by atoms with E-state index in [4.69, 9.17) is 4.74 Å². The summed E-state index contributed by atoms with van der Waals surface area (Å²) >= 11 is 0. The molecule has 0 saturated carbocycles. The summed E-state index contributed by atoms with van der Waals surface area (Å²) in [5, 5.41) is 7.74. The molecule has 1 aliphatic heterocycles. The van der Waals surface area contributed by atoms with Crippen molar-refractivity contribution in [1.29, 1.82) is 0 Å². The fourth-order valence-electron chi connectivity index (χ4n) is 2.78. The van der Waals surface area contributed by atoms with E-state index >= 15 is 0 Å². The van der Waals surface area contributed by atoms with Crippen LogP contribution in [-0.2, 0) is 17.7 Å². The summed E-state index contributed by atoms with van der Waals surface area (Å²) in [7, 11) is 2.02. The highest BCUT2D eigenvalue weighted by atomic mass is 16.5. The molecule has 0 radical (unpaired) electrons. The van der Waals surface area contributed by atoms with Crippen LogP contribution >= 0.6 is 0 Å². The third-order valence-corrected chi connectivity index (χ3v) is 3.89. The maximum absolute atomic E-state index is 5.84.